The standard InChI is InChI=1S/C28H24N6O/c1-4-14(2)28-33-26-18-7-5-16(9-20(18)21-11-29-30-12-22(21)27(26)34-28)17-6-8-19-24(10-17)35-13-23-25(19)32-15(3)31-23/h5-12,14,29H,4,13H2,1-3H3,(H,31,32). The first-order valence-electron chi connectivity index (χ1n) is 12.0. The fraction of sp³-hybridized carbons (Fsp3) is 0.214. The molecular weight excluding hydrogens is 436 g/mol. The van der Waals surface area contributed by atoms with E-state index in [2.05, 4.69) is 70.4 Å². The molecule has 1 unspecified atom stereocenters. The Bertz CT molecular complexity index is 1780. The molecule has 0 amide bonds. The Hall–Kier alpha value is -4.26. The van der Waals surface area contributed by atoms with Crippen LogP contribution in [0.25, 0.3) is 55.0 Å². The second-order valence-electron chi connectivity index (χ2n) is 9.36. The van der Waals surface area contributed by atoms with E-state index in [1.165, 1.54) is 0 Å². The summed E-state index contributed by atoms with van der Waals surface area (Å²) in [6.07, 6.45) is 4.81. The number of aryl methyl sites for hydroxylation is 1. The highest BCUT2D eigenvalue weighted by Gasteiger charge is 2.22. The maximum Gasteiger partial charge on any atom is 0.132 e. The van der Waals surface area contributed by atoms with Gasteiger partial charge in [0.1, 0.15) is 29.5 Å². The molecule has 0 spiro atoms. The highest BCUT2D eigenvalue weighted by Crippen LogP contribution is 2.41. The van der Waals surface area contributed by atoms with Crippen LogP contribution >= 0.6 is 0 Å². The van der Waals surface area contributed by atoms with E-state index in [1.807, 2.05) is 19.3 Å². The number of fused-ring (bicyclic) bond motifs is 9. The molecule has 3 aromatic heterocycles. The number of aromatic nitrogens is 6. The SMILES string of the molecule is CCC(C)c1nc2c3ccc(-c4ccc5c(c4)OCc4[nH]c(C)nc4-5)cc3c3c[nH]ncc3c2n1. The molecule has 1 aliphatic heterocycles. The van der Waals surface area contributed by atoms with Gasteiger partial charge in [-0.05, 0) is 48.1 Å². The highest BCUT2D eigenvalue weighted by atomic mass is 16.5. The van der Waals surface area contributed by atoms with E-state index < -0.39 is 0 Å². The number of benzene rings is 3. The van der Waals surface area contributed by atoms with Gasteiger partial charge in [0.2, 0.25) is 0 Å². The summed E-state index contributed by atoms with van der Waals surface area (Å²) in [6.45, 7) is 6.82. The van der Waals surface area contributed by atoms with Crippen molar-refractivity contribution in [3.05, 3.63) is 66.1 Å². The first kappa shape index (κ1) is 20.1. The van der Waals surface area contributed by atoms with Gasteiger partial charge in [-0.25, -0.2) is 15.0 Å². The van der Waals surface area contributed by atoms with Gasteiger partial charge >= 0.3 is 0 Å². The van der Waals surface area contributed by atoms with Crippen molar-refractivity contribution in [3.8, 4) is 28.1 Å². The predicted molar refractivity (Wildman–Crippen MR) is 137 cm³/mol. The summed E-state index contributed by atoms with van der Waals surface area (Å²) in [5.74, 6) is 2.97. The van der Waals surface area contributed by atoms with Crippen molar-refractivity contribution in [1.29, 1.82) is 0 Å². The molecular formula is C28H24N6O. The predicted octanol–water partition coefficient (Wildman–Crippen LogP) is 6.43. The zero-order valence-electron chi connectivity index (χ0n) is 19.8. The van der Waals surface area contributed by atoms with Crippen molar-refractivity contribution in [2.45, 2.75) is 39.7 Å². The Morgan fingerprint density at radius 2 is 1.74 bits per heavy atom. The van der Waals surface area contributed by atoms with Crippen LogP contribution in [0, 0.1) is 6.92 Å². The van der Waals surface area contributed by atoms with Gasteiger partial charge in [0.05, 0.1) is 23.1 Å². The lowest BCUT2D eigenvalue weighted by Gasteiger charge is -2.18. The van der Waals surface area contributed by atoms with Crippen molar-refractivity contribution in [1.82, 2.24) is 30.1 Å². The topological polar surface area (TPSA) is 92.4 Å². The van der Waals surface area contributed by atoms with Crippen LogP contribution < -0.4 is 4.74 Å². The molecule has 7 nitrogen and oxygen atoms in total. The summed E-state index contributed by atoms with van der Waals surface area (Å²) in [5, 5.41) is 11.6. The minimum atomic E-state index is 0.310. The molecule has 2 N–H and O–H groups in total. The molecule has 1 atom stereocenters. The minimum Gasteiger partial charge on any atom is -0.487 e. The summed E-state index contributed by atoms with van der Waals surface area (Å²) < 4.78 is 6.07. The number of H-pyrrole nitrogens is 2. The van der Waals surface area contributed by atoms with Crippen LogP contribution in [0.4, 0.5) is 0 Å². The Balaban J connectivity index is 1.43. The summed E-state index contributed by atoms with van der Waals surface area (Å²) in [5.41, 5.74) is 7.12. The van der Waals surface area contributed by atoms with Gasteiger partial charge in [0, 0.05) is 33.8 Å². The third-order valence-electron chi connectivity index (χ3n) is 7.16. The number of hydrogen-bond donors (Lipinski definition) is 2. The molecule has 7 rings (SSSR count). The van der Waals surface area contributed by atoms with Gasteiger partial charge in [-0.15, -0.1) is 0 Å². The van der Waals surface area contributed by atoms with Crippen molar-refractivity contribution >= 4 is 32.6 Å². The average Bonchev–Trinajstić information content (AvgIpc) is 3.51. The summed E-state index contributed by atoms with van der Waals surface area (Å²) >= 11 is 0. The first-order chi connectivity index (χ1) is 17.1. The van der Waals surface area contributed by atoms with Gasteiger partial charge in [-0.1, -0.05) is 32.0 Å². The second kappa shape index (κ2) is 7.37. The third kappa shape index (κ3) is 2.97. The largest absolute Gasteiger partial charge is 0.487 e. The van der Waals surface area contributed by atoms with E-state index in [-0.39, 0.29) is 0 Å². The molecule has 0 bridgehead atoms. The maximum atomic E-state index is 6.07. The molecule has 3 aromatic carbocycles. The summed E-state index contributed by atoms with van der Waals surface area (Å²) in [6, 6.07) is 12.9. The van der Waals surface area contributed by atoms with Crippen LogP contribution in [-0.2, 0) is 6.61 Å². The van der Waals surface area contributed by atoms with Crippen molar-refractivity contribution < 1.29 is 4.74 Å². The first-order valence-corrected chi connectivity index (χ1v) is 12.0. The van der Waals surface area contributed by atoms with E-state index in [0.29, 0.717) is 12.5 Å². The molecule has 0 saturated carbocycles. The lowest BCUT2D eigenvalue weighted by atomic mass is 9.95. The van der Waals surface area contributed by atoms with Gasteiger partial charge in [0.15, 0.2) is 0 Å². The van der Waals surface area contributed by atoms with Crippen molar-refractivity contribution in [3.63, 3.8) is 0 Å². The van der Waals surface area contributed by atoms with Gasteiger partial charge in [-0.2, -0.15) is 5.10 Å². The number of imidazole rings is 2. The quantitative estimate of drug-likeness (QED) is 0.297. The Kier molecular flexibility index (Phi) is 4.24. The zero-order valence-corrected chi connectivity index (χ0v) is 19.8. The molecule has 35 heavy (non-hydrogen) atoms. The van der Waals surface area contributed by atoms with Crippen molar-refractivity contribution in [2.24, 2.45) is 0 Å². The molecule has 1 aliphatic rings. The fourth-order valence-corrected chi connectivity index (χ4v) is 5.09. The lowest BCUT2D eigenvalue weighted by Crippen LogP contribution is -2.05. The van der Waals surface area contributed by atoms with Crippen molar-refractivity contribution in [2.75, 3.05) is 0 Å². The Morgan fingerprint density at radius 1 is 0.943 bits per heavy atom. The lowest BCUT2D eigenvalue weighted by molar-refractivity contribution is 0.298. The molecule has 7 heteroatoms. The average molecular weight is 461 g/mol. The molecule has 0 aliphatic carbocycles. The highest BCUT2D eigenvalue weighted by molar-refractivity contribution is 6.23. The van der Waals surface area contributed by atoms with Gasteiger partial charge < -0.3 is 9.72 Å². The minimum absolute atomic E-state index is 0.310. The molecule has 4 heterocycles. The second-order valence-corrected chi connectivity index (χ2v) is 9.36. The molecule has 6 aromatic rings. The number of nitrogens with one attached hydrogen (secondary N) is 2. The van der Waals surface area contributed by atoms with E-state index >= 15 is 0 Å². The summed E-state index contributed by atoms with van der Waals surface area (Å²) in [7, 11) is 0. The molecule has 0 saturated heterocycles. The molecule has 172 valence electrons. The van der Waals surface area contributed by atoms with Crippen LogP contribution in [0.15, 0.2) is 48.8 Å². The molecule has 0 radical (unpaired) electrons. The number of ether oxygens (including phenoxy) is 1. The monoisotopic (exact) mass is 460 g/mol. The normalized spacial score (nSPS) is 13.7. The van der Waals surface area contributed by atoms with Crippen LogP contribution in [0.2, 0.25) is 0 Å². The number of aromatic amines is 2. The van der Waals surface area contributed by atoms with E-state index in [1.54, 1.807) is 0 Å². The van der Waals surface area contributed by atoms with E-state index in [4.69, 9.17) is 14.7 Å². The van der Waals surface area contributed by atoms with Crippen LogP contribution in [0.5, 0.6) is 5.75 Å². The number of hydrogen-bond acceptors (Lipinski definition) is 5. The van der Waals surface area contributed by atoms with E-state index in [0.717, 1.165) is 84.5 Å². The zero-order chi connectivity index (χ0) is 23.7. The summed E-state index contributed by atoms with van der Waals surface area (Å²) in [4.78, 5) is 17.8. The Labute approximate surface area is 201 Å². The number of rotatable bonds is 3. The van der Waals surface area contributed by atoms with Crippen LogP contribution in [0.3, 0.4) is 0 Å². The van der Waals surface area contributed by atoms with Crippen LogP contribution in [-0.4, -0.2) is 30.1 Å². The third-order valence-corrected chi connectivity index (χ3v) is 7.16. The fourth-order valence-electron chi connectivity index (χ4n) is 5.09. The molecule has 0 fully saturated rings. The Morgan fingerprint density at radius 3 is 2.60 bits per heavy atom. The maximum absolute atomic E-state index is 6.07. The number of nitrogens with zero attached hydrogens (tertiary/aromatic N) is 4. The smallest absolute Gasteiger partial charge is 0.132 e. The van der Waals surface area contributed by atoms with Gasteiger partial charge in [-0.3, -0.25) is 5.10 Å². The van der Waals surface area contributed by atoms with E-state index in [9.17, 15) is 0 Å². The van der Waals surface area contributed by atoms with Gasteiger partial charge in [0.25, 0.3) is 0 Å². The van der Waals surface area contributed by atoms with Crippen LogP contribution in [0.1, 0.15) is 43.5 Å².